The fraction of sp³-hybridized carbons (Fsp3) is 0.333. The molecule has 11 heteroatoms. The highest BCUT2D eigenvalue weighted by molar-refractivity contribution is 7.10. The van der Waals surface area contributed by atoms with E-state index >= 15 is 0 Å². The first kappa shape index (κ1) is 28.2. The summed E-state index contributed by atoms with van der Waals surface area (Å²) in [5, 5.41) is 34.7. The molecule has 1 fully saturated rings. The molecule has 0 N–H and O–H groups in total. The molecule has 0 atom stereocenters. The van der Waals surface area contributed by atoms with Crippen LogP contribution in [0.5, 0.6) is 0 Å². The second-order valence-corrected chi connectivity index (χ2v) is 11.8. The third-order valence-electron chi connectivity index (χ3n) is 9.43. The Morgan fingerprint density at radius 1 is 0.659 bits per heavy atom. The number of quaternary nitrogens is 1. The molecular formula is C30H33BN4O6. The Morgan fingerprint density at radius 2 is 1.07 bits per heavy atom. The van der Waals surface area contributed by atoms with Gasteiger partial charge in [-0.15, -0.1) is 16.4 Å². The summed E-state index contributed by atoms with van der Waals surface area (Å²) in [6.45, 7) is 0.802. The highest BCUT2D eigenvalue weighted by atomic mass is 16.6. The van der Waals surface area contributed by atoms with E-state index in [9.17, 15) is 30.3 Å². The Labute approximate surface area is 238 Å². The molecule has 1 heterocycles. The number of hydrogen-bond donors (Lipinski definition) is 0. The summed E-state index contributed by atoms with van der Waals surface area (Å²) < 4.78 is 0.512. The second-order valence-electron chi connectivity index (χ2n) is 11.8. The van der Waals surface area contributed by atoms with Crippen molar-refractivity contribution in [1.29, 1.82) is 0 Å². The van der Waals surface area contributed by atoms with Crippen molar-refractivity contribution >= 4 is 39.7 Å². The molecule has 41 heavy (non-hydrogen) atoms. The van der Waals surface area contributed by atoms with Gasteiger partial charge in [0, 0.05) is 63.5 Å². The monoisotopic (exact) mass is 556 g/mol. The minimum atomic E-state index is -1.91. The number of hydrogen-bond acceptors (Lipinski definition) is 6. The van der Waals surface area contributed by atoms with Crippen LogP contribution in [0.4, 0.5) is 17.1 Å². The zero-order valence-corrected chi connectivity index (χ0v) is 23.3. The van der Waals surface area contributed by atoms with Crippen LogP contribution in [0.25, 0.3) is 5.47 Å². The molecule has 0 saturated heterocycles. The van der Waals surface area contributed by atoms with Crippen LogP contribution in [0.15, 0.2) is 78.4 Å². The van der Waals surface area contributed by atoms with Gasteiger partial charge in [0.25, 0.3) is 23.3 Å². The van der Waals surface area contributed by atoms with Gasteiger partial charge < -0.3 is 4.39 Å². The summed E-state index contributed by atoms with van der Waals surface area (Å²) >= 11 is 0. The van der Waals surface area contributed by atoms with Crippen molar-refractivity contribution in [3.63, 3.8) is 0 Å². The SMILES string of the molecule is C[N+]1(C)CCC(C2CCCCC2)=C(c2ccc([N+](=O)[O-])cc2)[B-]1(c1ccc([N+](=O)[O-])cc1)c1ccc([N+](=O)[O-])cc1. The normalized spacial score (nSPS) is 18.6. The lowest BCUT2D eigenvalue weighted by molar-refractivity contribution is -0.787. The smallest absolute Gasteiger partial charge is 0.291 e. The highest BCUT2D eigenvalue weighted by Gasteiger charge is 2.52. The number of non-ortho nitro benzene ring substituents is 3. The average molecular weight is 556 g/mol. The summed E-state index contributed by atoms with van der Waals surface area (Å²) in [6.07, 6.45) is 4.53. The topological polar surface area (TPSA) is 129 Å². The van der Waals surface area contributed by atoms with Gasteiger partial charge in [-0.05, 0) is 18.8 Å². The van der Waals surface area contributed by atoms with Crippen LogP contribution in [-0.4, -0.2) is 46.1 Å². The first-order chi connectivity index (χ1) is 19.6. The molecule has 0 unspecified atom stereocenters. The molecule has 5 rings (SSSR count). The van der Waals surface area contributed by atoms with E-state index in [1.165, 1.54) is 48.4 Å². The molecule has 10 nitrogen and oxygen atoms in total. The van der Waals surface area contributed by atoms with Gasteiger partial charge in [0.15, 0.2) is 0 Å². The molecule has 1 aliphatic carbocycles. The van der Waals surface area contributed by atoms with Gasteiger partial charge >= 0.3 is 0 Å². The van der Waals surface area contributed by atoms with Crippen molar-refractivity contribution in [3.05, 3.63) is 114 Å². The van der Waals surface area contributed by atoms with Crippen LogP contribution in [0.2, 0.25) is 0 Å². The maximum Gasteiger partial charge on any atom is 0.291 e. The average Bonchev–Trinajstić information content (AvgIpc) is 2.97. The molecule has 0 amide bonds. The number of benzene rings is 3. The van der Waals surface area contributed by atoms with Crippen molar-refractivity contribution in [3.8, 4) is 0 Å². The van der Waals surface area contributed by atoms with Gasteiger partial charge in [0.2, 0.25) is 0 Å². The molecule has 212 valence electrons. The molecule has 1 saturated carbocycles. The van der Waals surface area contributed by atoms with E-state index in [0.717, 1.165) is 60.6 Å². The Balaban J connectivity index is 1.88. The third kappa shape index (κ3) is 4.90. The molecule has 0 radical (unpaired) electrons. The molecule has 3 aromatic rings. The first-order valence-electron chi connectivity index (χ1n) is 14.0. The zero-order valence-electron chi connectivity index (χ0n) is 23.3. The van der Waals surface area contributed by atoms with E-state index in [1.54, 1.807) is 0 Å². The first-order valence-corrected chi connectivity index (χ1v) is 14.0. The second kappa shape index (κ2) is 10.9. The van der Waals surface area contributed by atoms with Crippen LogP contribution < -0.4 is 10.9 Å². The van der Waals surface area contributed by atoms with Crippen molar-refractivity contribution < 1.29 is 19.2 Å². The number of rotatable bonds is 7. The summed E-state index contributed by atoms with van der Waals surface area (Å²) in [5.74, 6) is 0.353. The van der Waals surface area contributed by atoms with Crippen LogP contribution in [0.3, 0.4) is 0 Å². The zero-order chi connectivity index (χ0) is 29.4. The molecule has 0 bridgehead atoms. The van der Waals surface area contributed by atoms with Gasteiger partial charge in [-0.25, -0.2) is 0 Å². The van der Waals surface area contributed by atoms with Crippen molar-refractivity contribution in [2.45, 2.75) is 38.5 Å². The maximum atomic E-state index is 11.6. The molecule has 1 aliphatic heterocycles. The number of nitrogens with zero attached hydrogens (tertiary/aromatic N) is 4. The molecule has 0 spiro atoms. The van der Waals surface area contributed by atoms with E-state index in [4.69, 9.17) is 0 Å². The van der Waals surface area contributed by atoms with Crippen LogP contribution in [0.1, 0.15) is 44.1 Å². The molecular weight excluding hydrogens is 523 g/mol. The minimum Gasteiger partial charge on any atom is -0.509 e. The Hall–Kier alpha value is -4.38. The van der Waals surface area contributed by atoms with Gasteiger partial charge in [0.05, 0.1) is 14.8 Å². The predicted octanol–water partition coefficient (Wildman–Crippen LogP) is 5.52. The standard InChI is InChI=1S/C30H33BN4O6/c1-35(2)21-20-29(22-6-4-3-5-7-22)30(23-8-14-26(15-9-23)32(36)37)31(35,24-10-16-27(17-11-24)33(38)39)25-12-18-28(19-13-25)34(40)41/h8-19,22H,3-7,20-21H2,1-2H3. The van der Waals surface area contributed by atoms with Crippen LogP contribution in [0, 0.1) is 36.3 Å². The van der Waals surface area contributed by atoms with E-state index < -0.39 is 21.1 Å². The lowest BCUT2D eigenvalue weighted by Crippen LogP contribution is -2.79. The van der Waals surface area contributed by atoms with Crippen molar-refractivity contribution in [2.75, 3.05) is 20.6 Å². The van der Waals surface area contributed by atoms with Crippen molar-refractivity contribution in [1.82, 2.24) is 0 Å². The Morgan fingerprint density at radius 3 is 1.49 bits per heavy atom. The Bertz CT molecular complexity index is 1450. The van der Waals surface area contributed by atoms with Gasteiger partial charge in [0.1, 0.15) is 0 Å². The summed E-state index contributed by atoms with van der Waals surface area (Å²) in [5.41, 5.74) is 5.03. The fourth-order valence-electron chi connectivity index (χ4n) is 7.50. The van der Waals surface area contributed by atoms with Crippen LogP contribution >= 0.6 is 0 Å². The minimum absolute atomic E-state index is 0.00176. The lowest BCUT2D eigenvalue weighted by Gasteiger charge is -2.62. The highest BCUT2D eigenvalue weighted by Crippen LogP contribution is 2.45. The number of nitro groups is 3. The fourth-order valence-corrected chi connectivity index (χ4v) is 7.50. The van der Waals surface area contributed by atoms with Gasteiger partial charge in [-0.2, -0.15) is 0 Å². The van der Waals surface area contributed by atoms with Crippen LogP contribution in [-0.2, 0) is 0 Å². The summed E-state index contributed by atoms with van der Waals surface area (Å²) in [4.78, 5) is 33.4. The Kier molecular flexibility index (Phi) is 7.48. The summed E-state index contributed by atoms with van der Waals surface area (Å²) in [7, 11) is 4.29. The van der Waals surface area contributed by atoms with Crippen molar-refractivity contribution in [2.24, 2.45) is 5.92 Å². The maximum absolute atomic E-state index is 11.6. The molecule has 0 aromatic heterocycles. The molecule has 2 aliphatic rings. The van der Waals surface area contributed by atoms with E-state index in [0.29, 0.717) is 10.3 Å². The largest absolute Gasteiger partial charge is 0.509 e. The molecule has 3 aromatic carbocycles. The lowest BCUT2D eigenvalue weighted by atomic mass is 9.19. The van der Waals surface area contributed by atoms with E-state index in [-0.39, 0.29) is 17.1 Å². The van der Waals surface area contributed by atoms with Gasteiger partial charge in [-0.3, -0.25) is 30.3 Å². The predicted molar refractivity (Wildman–Crippen MR) is 159 cm³/mol. The van der Waals surface area contributed by atoms with E-state index in [1.807, 2.05) is 36.4 Å². The number of nitro benzene ring substituents is 3. The quantitative estimate of drug-likeness (QED) is 0.214. The van der Waals surface area contributed by atoms with Gasteiger partial charge in [-0.1, -0.05) is 66.8 Å². The summed E-state index contributed by atoms with van der Waals surface area (Å²) in [6, 6.07) is 20.0. The van der Waals surface area contributed by atoms with E-state index in [2.05, 4.69) is 14.1 Å². The third-order valence-corrected chi connectivity index (χ3v) is 9.43.